The summed E-state index contributed by atoms with van der Waals surface area (Å²) in [6, 6.07) is 1.67. The van der Waals surface area contributed by atoms with Crippen LogP contribution >= 0.6 is 15.9 Å². The van der Waals surface area contributed by atoms with Crippen LogP contribution in [0.15, 0.2) is 16.6 Å². The van der Waals surface area contributed by atoms with Crippen molar-refractivity contribution in [2.24, 2.45) is 5.73 Å². The van der Waals surface area contributed by atoms with Gasteiger partial charge in [0.25, 0.3) is 0 Å². The summed E-state index contributed by atoms with van der Waals surface area (Å²) in [5.41, 5.74) is 6.02. The van der Waals surface area contributed by atoms with Crippen molar-refractivity contribution in [1.29, 1.82) is 0 Å². The number of carboxylic acids is 1. The Hall–Kier alpha value is -1.14. The molecule has 1 rings (SSSR count). The summed E-state index contributed by atoms with van der Waals surface area (Å²) < 4.78 is 13.2. The number of carbonyl (C=O) groups is 1. The van der Waals surface area contributed by atoms with Crippen LogP contribution in [-0.4, -0.2) is 16.2 Å². The zero-order valence-electron chi connectivity index (χ0n) is 8.28. The van der Waals surface area contributed by atoms with Crippen molar-refractivity contribution in [3.63, 3.8) is 0 Å². The summed E-state index contributed by atoms with van der Waals surface area (Å²) in [5.74, 6) is -1.82. The Labute approximate surface area is 100 Å². The van der Waals surface area contributed by atoms with Gasteiger partial charge < -0.3 is 15.9 Å². The molecular weight excluding hydrogens is 281 g/mol. The van der Waals surface area contributed by atoms with E-state index in [2.05, 4.69) is 15.9 Å². The SMILES string of the molecule is NC(CCC(=O)O)c1cc(Br)c(F)cc1O. The van der Waals surface area contributed by atoms with Crippen LogP contribution in [0.3, 0.4) is 0 Å². The zero-order chi connectivity index (χ0) is 12.3. The van der Waals surface area contributed by atoms with Gasteiger partial charge in [0, 0.05) is 24.1 Å². The van der Waals surface area contributed by atoms with Crippen LogP contribution in [-0.2, 0) is 4.79 Å². The highest BCUT2D eigenvalue weighted by atomic mass is 79.9. The maximum Gasteiger partial charge on any atom is 0.303 e. The third kappa shape index (κ3) is 3.18. The monoisotopic (exact) mass is 291 g/mol. The Balaban J connectivity index is 2.86. The molecule has 0 aliphatic rings. The van der Waals surface area contributed by atoms with Crippen molar-refractivity contribution in [1.82, 2.24) is 0 Å². The second-order valence-electron chi connectivity index (χ2n) is 3.36. The Morgan fingerprint density at radius 1 is 1.56 bits per heavy atom. The molecule has 0 aliphatic carbocycles. The van der Waals surface area contributed by atoms with E-state index < -0.39 is 17.8 Å². The highest BCUT2D eigenvalue weighted by Gasteiger charge is 2.15. The van der Waals surface area contributed by atoms with Crippen LogP contribution in [0.25, 0.3) is 0 Å². The molecule has 0 bridgehead atoms. The molecule has 0 saturated heterocycles. The van der Waals surface area contributed by atoms with E-state index in [0.29, 0.717) is 5.56 Å². The molecular formula is C10H11BrFNO3. The average molecular weight is 292 g/mol. The fourth-order valence-corrected chi connectivity index (χ4v) is 1.64. The van der Waals surface area contributed by atoms with Crippen molar-refractivity contribution in [2.75, 3.05) is 0 Å². The molecule has 1 unspecified atom stereocenters. The molecule has 1 aromatic rings. The first-order chi connectivity index (χ1) is 7.41. The molecule has 0 saturated carbocycles. The molecule has 0 heterocycles. The Bertz CT molecular complexity index is 411. The summed E-state index contributed by atoms with van der Waals surface area (Å²) in [4.78, 5) is 10.4. The predicted molar refractivity (Wildman–Crippen MR) is 59.6 cm³/mol. The van der Waals surface area contributed by atoms with Crippen molar-refractivity contribution in [3.8, 4) is 5.75 Å². The summed E-state index contributed by atoms with van der Waals surface area (Å²) in [6.07, 6.45) is 0.0799. The van der Waals surface area contributed by atoms with E-state index in [-0.39, 0.29) is 23.1 Å². The minimum Gasteiger partial charge on any atom is -0.508 e. The predicted octanol–water partition coefficient (Wildman–Crippen LogP) is 2.16. The Morgan fingerprint density at radius 3 is 2.75 bits per heavy atom. The number of hydrogen-bond acceptors (Lipinski definition) is 3. The quantitative estimate of drug-likeness (QED) is 0.794. The Kier molecular flexibility index (Phi) is 4.26. The van der Waals surface area contributed by atoms with Gasteiger partial charge >= 0.3 is 5.97 Å². The zero-order valence-corrected chi connectivity index (χ0v) is 9.87. The lowest BCUT2D eigenvalue weighted by Gasteiger charge is -2.13. The number of aliphatic carboxylic acids is 1. The number of aromatic hydroxyl groups is 1. The molecule has 0 spiro atoms. The van der Waals surface area contributed by atoms with Crippen LogP contribution < -0.4 is 5.73 Å². The van der Waals surface area contributed by atoms with Gasteiger partial charge in [-0.2, -0.15) is 0 Å². The van der Waals surface area contributed by atoms with Crippen LogP contribution in [0, 0.1) is 5.82 Å². The van der Waals surface area contributed by atoms with E-state index in [1.165, 1.54) is 6.07 Å². The molecule has 4 nitrogen and oxygen atoms in total. The molecule has 88 valence electrons. The van der Waals surface area contributed by atoms with E-state index in [1.54, 1.807) is 0 Å². The third-order valence-corrected chi connectivity index (χ3v) is 2.75. The van der Waals surface area contributed by atoms with Gasteiger partial charge in [-0.25, -0.2) is 4.39 Å². The van der Waals surface area contributed by atoms with E-state index in [0.717, 1.165) is 6.07 Å². The van der Waals surface area contributed by atoms with E-state index >= 15 is 0 Å². The first-order valence-electron chi connectivity index (χ1n) is 4.57. The third-order valence-electron chi connectivity index (χ3n) is 2.14. The summed E-state index contributed by atoms with van der Waals surface area (Å²) >= 11 is 2.97. The number of phenolic OH excluding ortho intramolecular Hbond substituents is 1. The molecule has 0 radical (unpaired) electrons. The molecule has 0 aromatic heterocycles. The van der Waals surface area contributed by atoms with E-state index in [9.17, 15) is 14.3 Å². The number of rotatable bonds is 4. The van der Waals surface area contributed by atoms with Gasteiger partial charge in [-0.3, -0.25) is 4.79 Å². The minimum absolute atomic E-state index is 0.102. The summed E-state index contributed by atoms with van der Waals surface area (Å²) in [7, 11) is 0. The van der Waals surface area contributed by atoms with Crippen molar-refractivity contribution >= 4 is 21.9 Å². The van der Waals surface area contributed by atoms with Crippen LogP contribution in [0.2, 0.25) is 0 Å². The van der Waals surface area contributed by atoms with Gasteiger partial charge in [0.2, 0.25) is 0 Å². The van der Waals surface area contributed by atoms with E-state index in [4.69, 9.17) is 10.8 Å². The fraction of sp³-hybridized carbons (Fsp3) is 0.300. The number of nitrogens with two attached hydrogens (primary N) is 1. The van der Waals surface area contributed by atoms with Gasteiger partial charge in [0.05, 0.1) is 4.47 Å². The molecule has 16 heavy (non-hydrogen) atoms. The van der Waals surface area contributed by atoms with Gasteiger partial charge in [-0.1, -0.05) is 0 Å². The molecule has 6 heteroatoms. The maximum atomic E-state index is 13.0. The smallest absolute Gasteiger partial charge is 0.303 e. The number of hydrogen-bond donors (Lipinski definition) is 3. The molecule has 0 aliphatic heterocycles. The first-order valence-corrected chi connectivity index (χ1v) is 5.36. The molecule has 0 amide bonds. The average Bonchev–Trinajstić information content (AvgIpc) is 2.20. The summed E-state index contributed by atoms with van der Waals surface area (Å²) in [6.45, 7) is 0. The van der Waals surface area contributed by atoms with Crippen molar-refractivity contribution < 1.29 is 19.4 Å². The number of halogens is 2. The molecule has 4 N–H and O–H groups in total. The van der Waals surface area contributed by atoms with Crippen LogP contribution in [0.5, 0.6) is 5.75 Å². The largest absolute Gasteiger partial charge is 0.508 e. The molecule has 0 fully saturated rings. The first kappa shape index (κ1) is 12.9. The lowest BCUT2D eigenvalue weighted by atomic mass is 10.0. The lowest BCUT2D eigenvalue weighted by Crippen LogP contribution is -2.12. The van der Waals surface area contributed by atoms with Crippen molar-refractivity contribution in [3.05, 3.63) is 28.0 Å². The standard InChI is InChI=1S/C10H11BrFNO3/c11-6-3-5(9(14)4-7(6)12)8(13)1-2-10(15)16/h3-4,8,14H,1-2,13H2,(H,15,16). The van der Waals surface area contributed by atoms with Gasteiger partial charge in [-0.15, -0.1) is 0 Å². The van der Waals surface area contributed by atoms with Gasteiger partial charge in [0.1, 0.15) is 11.6 Å². The second-order valence-corrected chi connectivity index (χ2v) is 4.22. The Morgan fingerprint density at radius 2 is 2.19 bits per heavy atom. The van der Waals surface area contributed by atoms with Gasteiger partial charge in [-0.05, 0) is 28.4 Å². The molecule has 1 atom stereocenters. The molecule has 1 aromatic carbocycles. The highest BCUT2D eigenvalue weighted by Crippen LogP contribution is 2.30. The van der Waals surface area contributed by atoms with Crippen LogP contribution in [0.4, 0.5) is 4.39 Å². The van der Waals surface area contributed by atoms with Crippen LogP contribution in [0.1, 0.15) is 24.4 Å². The number of benzene rings is 1. The van der Waals surface area contributed by atoms with E-state index in [1.807, 2.05) is 0 Å². The maximum absolute atomic E-state index is 13.0. The summed E-state index contributed by atoms with van der Waals surface area (Å²) in [5, 5.41) is 18.0. The number of phenols is 1. The van der Waals surface area contributed by atoms with Crippen molar-refractivity contribution in [2.45, 2.75) is 18.9 Å². The minimum atomic E-state index is -0.962. The topological polar surface area (TPSA) is 83.6 Å². The normalized spacial score (nSPS) is 12.4. The fourth-order valence-electron chi connectivity index (χ4n) is 1.28. The number of carboxylic acid groups (broad SMARTS) is 1. The highest BCUT2D eigenvalue weighted by molar-refractivity contribution is 9.10. The van der Waals surface area contributed by atoms with Gasteiger partial charge in [0.15, 0.2) is 0 Å². The second kappa shape index (κ2) is 5.27. The lowest BCUT2D eigenvalue weighted by molar-refractivity contribution is -0.137.